The van der Waals surface area contributed by atoms with Crippen LogP contribution in [0.25, 0.3) is 0 Å². The maximum Gasteiger partial charge on any atom is 0.305 e. The van der Waals surface area contributed by atoms with Crippen LogP contribution in [0.5, 0.6) is 0 Å². The average molecular weight is 255 g/mol. The molecule has 0 aromatic heterocycles. The first-order valence-electron chi connectivity index (χ1n) is 6.68. The van der Waals surface area contributed by atoms with Crippen molar-refractivity contribution in [1.29, 1.82) is 0 Å². The molecule has 5 heteroatoms. The molecule has 5 nitrogen and oxygen atoms in total. The topological polar surface area (TPSA) is 75.6 Å². The molecule has 0 aromatic rings. The summed E-state index contributed by atoms with van der Waals surface area (Å²) in [5.41, 5.74) is -0.547. The molecule has 1 amide bonds. The third-order valence-electron chi connectivity index (χ3n) is 4.08. The molecule has 0 radical (unpaired) electrons. The van der Waals surface area contributed by atoms with Gasteiger partial charge in [0.05, 0.1) is 12.0 Å². The van der Waals surface area contributed by atoms with Crippen molar-refractivity contribution in [2.45, 2.75) is 57.1 Å². The molecule has 0 spiro atoms. The Morgan fingerprint density at radius 3 is 2.56 bits per heavy atom. The minimum Gasteiger partial charge on any atom is -0.481 e. The van der Waals surface area contributed by atoms with Gasteiger partial charge in [0.2, 0.25) is 5.91 Å². The van der Waals surface area contributed by atoms with Crippen molar-refractivity contribution in [2.75, 3.05) is 6.61 Å². The van der Waals surface area contributed by atoms with Crippen LogP contribution < -0.4 is 5.32 Å². The number of carboxylic acids is 1. The Bertz CT molecular complexity index is 336. The fraction of sp³-hybridized carbons (Fsp3) is 0.846. The van der Waals surface area contributed by atoms with Gasteiger partial charge in [0.25, 0.3) is 0 Å². The summed E-state index contributed by atoms with van der Waals surface area (Å²) in [5, 5.41) is 11.9. The first-order chi connectivity index (χ1) is 8.52. The standard InChI is InChI=1S/C13H21NO4/c1-9-4-7-18-11(9)12(17)14-13(8-10(15)16)5-2-3-6-13/h9,11H,2-8H2,1H3,(H,14,17)(H,15,16). The van der Waals surface area contributed by atoms with Crippen molar-refractivity contribution in [2.24, 2.45) is 5.92 Å². The maximum atomic E-state index is 12.2. The molecule has 2 aliphatic rings. The van der Waals surface area contributed by atoms with E-state index >= 15 is 0 Å². The van der Waals surface area contributed by atoms with Gasteiger partial charge >= 0.3 is 5.97 Å². The Balaban J connectivity index is 2.00. The van der Waals surface area contributed by atoms with Crippen molar-refractivity contribution >= 4 is 11.9 Å². The third-order valence-corrected chi connectivity index (χ3v) is 4.08. The highest BCUT2D eigenvalue weighted by molar-refractivity contribution is 5.83. The van der Waals surface area contributed by atoms with E-state index in [0.29, 0.717) is 6.61 Å². The molecular weight excluding hydrogens is 234 g/mol. The van der Waals surface area contributed by atoms with E-state index in [4.69, 9.17) is 9.84 Å². The van der Waals surface area contributed by atoms with Crippen LogP contribution in [0.15, 0.2) is 0 Å². The maximum absolute atomic E-state index is 12.2. The second-order valence-corrected chi connectivity index (χ2v) is 5.60. The molecule has 1 aliphatic carbocycles. The Morgan fingerprint density at radius 2 is 2.06 bits per heavy atom. The summed E-state index contributed by atoms with van der Waals surface area (Å²) in [5.74, 6) is -0.769. The number of amides is 1. The fourth-order valence-electron chi connectivity index (χ4n) is 3.05. The van der Waals surface area contributed by atoms with Crippen LogP contribution in [0.2, 0.25) is 0 Å². The first kappa shape index (κ1) is 13.3. The fourth-order valence-corrected chi connectivity index (χ4v) is 3.05. The molecule has 0 aromatic carbocycles. The number of aliphatic carboxylic acids is 1. The summed E-state index contributed by atoms with van der Waals surface area (Å²) < 4.78 is 5.43. The van der Waals surface area contributed by atoms with Gasteiger partial charge in [-0.05, 0) is 25.2 Å². The number of nitrogens with one attached hydrogen (secondary N) is 1. The van der Waals surface area contributed by atoms with Crippen molar-refractivity contribution in [3.8, 4) is 0 Å². The van der Waals surface area contributed by atoms with Crippen molar-refractivity contribution < 1.29 is 19.4 Å². The highest BCUT2D eigenvalue weighted by atomic mass is 16.5. The summed E-state index contributed by atoms with van der Waals surface area (Å²) in [6.07, 6.45) is 3.97. The SMILES string of the molecule is CC1CCOC1C(=O)NC1(CC(=O)O)CCCC1. The van der Waals surface area contributed by atoms with Crippen LogP contribution in [-0.4, -0.2) is 35.2 Å². The van der Waals surface area contributed by atoms with Crippen molar-refractivity contribution in [3.63, 3.8) is 0 Å². The van der Waals surface area contributed by atoms with Crippen LogP contribution in [0.4, 0.5) is 0 Å². The molecule has 2 fully saturated rings. The second-order valence-electron chi connectivity index (χ2n) is 5.60. The third kappa shape index (κ3) is 2.83. The Labute approximate surface area is 107 Å². The van der Waals surface area contributed by atoms with E-state index in [0.717, 1.165) is 32.1 Å². The molecular formula is C13H21NO4. The van der Waals surface area contributed by atoms with Gasteiger partial charge in [-0.2, -0.15) is 0 Å². The van der Waals surface area contributed by atoms with E-state index in [9.17, 15) is 9.59 Å². The summed E-state index contributed by atoms with van der Waals surface area (Å²) in [4.78, 5) is 23.1. The van der Waals surface area contributed by atoms with E-state index in [1.54, 1.807) is 0 Å². The Kier molecular flexibility index (Phi) is 3.90. The number of carbonyl (C=O) groups excluding carboxylic acids is 1. The summed E-state index contributed by atoms with van der Waals surface area (Å²) in [6, 6.07) is 0. The minimum absolute atomic E-state index is 0.0137. The van der Waals surface area contributed by atoms with Crippen molar-refractivity contribution in [3.05, 3.63) is 0 Å². The number of ether oxygens (including phenoxy) is 1. The lowest BCUT2D eigenvalue weighted by molar-refractivity contribution is -0.140. The highest BCUT2D eigenvalue weighted by Crippen LogP contribution is 2.33. The smallest absolute Gasteiger partial charge is 0.305 e. The van der Waals surface area contributed by atoms with Gasteiger partial charge in [-0.1, -0.05) is 19.8 Å². The largest absolute Gasteiger partial charge is 0.481 e. The van der Waals surface area contributed by atoms with Gasteiger partial charge in [0.1, 0.15) is 6.10 Å². The minimum atomic E-state index is -0.849. The zero-order valence-corrected chi connectivity index (χ0v) is 10.8. The molecule has 2 unspecified atom stereocenters. The number of carboxylic acid groups (broad SMARTS) is 1. The van der Waals surface area contributed by atoms with Gasteiger partial charge in [0.15, 0.2) is 0 Å². The molecule has 2 N–H and O–H groups in total. The number of carbonyl (C=O) groups is 2. The van der Waals surface area contributed by atoms with Crippen LogP contribution in [-0.2, 0) is 14.3 Å². The second kappa shape index (κ2) is 5.26. The molecule has 0 bridgehead atoms. The summed E-state index contributed by atoms with van der Waals surface area (Å²) >= 11 is 0. The Morgan fingerprint density at radius 1 is 1.39 bits per heavy atom. The van der Waals surface area contributed by atoms with E-state index in [2.05, 4.69) is 5.32 Å². The Hall–Kier alpha value is -1.10. The number of rotatable bonds is 4. The van der Waals surface area contributed by atoms with Gasteiger partial charge in [-0.25, -0.2) is 0 Å². The quantitative estimate of drug-likeness (QED) is 0.794. The van der Waals surface area contributed by atoms with Gasteiger partial charge in [0, 0.05) is 6.61 Å². The molecule has 102 valence electrons. The van der Waals surface area contributed by atoms with Gasteiger partial charge in [-0.15, -0.1) is 0 Å². The van der Waals surface area contributed by atoms with E-state index in [-0.39, 0.29) is 18.2 Å². The first-order valence-corrected chi connectivity index (χ1v) is 6.68. The molecule has 1 heterocycles. The van der Waals surface area contributed by atoms with E-state index < -0.39 is 17.6 Å². The summed E-state index contributed by atoms with van der Waals surface area (Å²) in [7, 11) is 0. The number of hydrogen-bond acceptors (Lipinski definition) is 3. The van der Waals surface area contributed by atoms with Gasteiger partial charge in [-0.3, -0.25) is 9.59 Å². The van der Waals surface area contributed by atoms with E-state index in [1.807, 2.05) is 6.92 Å². The molecule has 2 rings (SSSR count). The summed E-state index contributed by atoms with van der Waals surface area (Å²) in [6.45, 7) is 2.61. The normalized spacial score (nSPS) is 30.3. The van der Waals surface area contributed by atoms with Gasteiger partial charge < -0.3 is 15.2 Å². The molecule has 1 saturated heterocycles. The lowest BCUT2D eigenvalue weighted by Gasteiger charge is -2.30. The van der Waals surface area contributed by atoms with Crippen LogP contribution in [0.3, 0.4) is 0 Å². The number of hydrogen-bond donors (Lipinski definition) is 2. The van der Waals surface area contributed by atoms with Crippen LogP contribution in [0, 0.1) is 5.92 Å². The molecule has 2 atom stereocenters. The lowest BCUT2D eigenvalue weighted by Crippen LogP contribution is -2.52. The average Bonchev–Trinajstić information content (AvgIpc) is 2.86. The zero-order chi connectivity index (χ0) is 13.2. The monoisotopic (exact) mass is 255 g/mol. The zero-order valence-electron chi connectivity index (χ0n) is 10.8. The van der Waals surface area contributed by atoms with Crippen molar-refractivity contribution in [1.82, 2.24) is 5.32 Å². The highest BCUT2D eigenvalue weighted by Gasteiger charge is 2.40. The van der Waals surface area contributed by atoms with Crippen LogP contribution >= 0.6 is 0 Å². The molecule has 18 heavy (non-hydrogen) atoms. The predicted octanol–water partition coefficient (Wildman–Crippen LogP) is 1.32. The van der Waals surface area contributed by atoms with Crippen LogP contribution in [0.1, 0.15) is 45.4 Å². The predicted molar refractivity (Wildman–Crippen MR) is 65.1 cm³/mol. The molecule has 1 saturated carbocycles. The van der Waals surface area contributed by atoms with E-state index in [1.165, 1.54) is 0 Å². The lowest BCUT2D eigenvalue weighted by atomic mass is 9.92. The molecule has 1 aliphatic heterocycles.